The van der Waals surface area contributed by atoms with Crippen molar-refractivity contribution in [1.82, 2.24) is 9.88 Å². The van der Waals surface area contributed by atoms with Crippen molar-refractivity contribution in [3.63, 3.8) is 0 Å². The highest BCUT2D eigenvalue weighted by molar-refractivity contribution is 5.91. The monoisotopic (exact) mass is 298 g/mol. The van der Waals surface area contributed by atoms with Gasteiger partial charge in [-0.05, 0) is 31.2 Å². The molecule has 1 aliphatic rings. The van der Waals surface area contributed by atoms with E-state index in [1.165, 1.54) is 6.08 Å². The van der Waals surface area contributed by atoms with E-state index in [1.807, 2.05) is 31.2 Å². The Bertz CT molecular complexity index is 664. The lowest BCUT2D eigenvalue weighted by Crippen LogP contribution is -2.29. The minimum Gasteiger partial charge on any atom is -0.472 e. The van der Waals surface area contributed by atoms with Gasteiger partial charge >= 0.3 is 0 Å². The molecule has 0 bridgehead atoms. The number of ether oxygens (including phenoxy) is 1. The van der Waals surface area contributed by atoms with Crippen molar-refractivity contribution < 1.29 is 13.9 Å². The number of carbonyl (C=O) groups excluding carboxylic acids is 1. The Kier molecular flexibility index (Phi) is 4.23. The van der Waals surface area contributed by atoms with E-state index < -0.39 is 0 Å². The molecule has 1 amide bonds. The number of aromatic nitrogens is 1. The third-order valence-corrected chi connectivity index (χ3v) is 3.54. The molecule has 0 spiro atoms. The summed E-state index contributed by atoms with van der Waals surface area (Å²) in [5.41, 5.74) is 0.921. The van der Waals surface area contributed by atoms with Crippen LogP contribution >= 0.6 is 0 Å². The maximum atomic E-state index is 12.1. The largest absolute Gasteiger partial charge is 0.472 e. The van der Waals surface area contributed by atoms with Crippen LogP contribution in [0.1, 0.15) is 17.9 Å². The molecule has 5 heteroatoms. The molecule has 0 radical (unpaired) electrons. The van der Waals surface area contributed by atoms with E-state index in [2.05, 4.69) is 4.98 Å². The zero-order valence-electron chi connectivity index (χ0n) is 12.4. The number of hydrogen-bond acceptors (Lipinski definition) is 4. The van der Waals surface area contributed by atoms with Crippen molar-refractivity contribution in [2.45, 2.75) is 19.4 Å². The quantitative estimate of drug-likeness (QED) is 0.814. The molecule has 0 aliphatic carbocycles. The van der Waals surface area contributed by atoms with Crippen LogP contribution in [-0.4, -0.2) is 35.0 Å². The molecule has 22 heavy (non-hydrogen) atoms. The van der Waals surface area contributed by atoms with E-state index in [0.717, 1.165) is 12.1 Å². The Labute approximate surface area is 129 Å². The molecule has 0 aromatic carbocycles. The summed E-state index contributed by atoms with van der Waals surface area (Å²) in [4.78, 5) is 18.2. The molecule has 1 fully saturated rings. The third kappa shape index (κ3) is 3.55. The smallest absolute Gasteiger partial charge is 0.246 e. The van der Waals surface area contributed by atoms with Gasteiger partial charge in [0, 0.05) is 30.8 Å². The minimum absolute atomic E-state index is 0.00439. The fraction of sp³-hybridized carbons (Fsp3) is 0.294. The number of amides is 1. The van der Waals surface area contributed by atoms with Crippen LogP contribution in [-0.2, 0) is 4.79 Å². The average molecular weight is 298 g/mol. The highest BCUT2D eigenvalue weighted by Crippen LogP contribution is 2.17. The molecule has 1 aliphatic heterocycles. The van der Waals surface area contributed by atoms with Crippen LogP contribution in [0.2, 0.25) is 0 Å². The van der Waals surface area contributed by atoms with Gasteiger partial charge in [-0.3, -0.25) is 4.79 Å². The van der Waals surface area contributed by atoms with E-state index in [1.54, 1.807) is 23.3 Å². The van der Waals surface area contributed by atoms with E-state index in [4.69, 9.17) is 9.15 Å². The second-order valence-corrected chi connectivity index (χ2v) is 5.28. The van der Waals surface area contributed by atoms with E-state index in [-0.39, 0.29) is 12.0 Å². The molecule has 5 nitrogen and oxygen atoms in total. The fourth-order valence-electron chi connectivity index (χ4n) is 2.42. The van der Waals surface area contributed by atoms with Crippen molar-refractivity contribution in [3.05, 3.63) is 54.1 Å². The summed E-state index contributed by atoms with van der Waals surface area (Å²) in [6.45, 7) is 3.20. The molecule has 3 heterocycles. The Morgan fingerprint density at radius 2 is 2.32 bits per heavy atom. The van der Waals surface area contributed by atoms with Crippen LogP contribution in [0.3, 0.4) is 0 Å². The summed E-state index contributed by atoms with van der Waals surface area (Å²) in [6.07, 6.45) is 5.61. The Balaban J connectivity index is 1.54. The first-order valence-corrected chi connectivity index (χ1v) is 7.31. The summed E-state index contributed by atoms with van der Waals surface area (Å²) in [6, 6.07) is 9.29. The van der Waals surface area contributed by atoms with Crippen LogP contribution in [0.4, 0.5) is 0 Å². The highest BCUT2D eigenvalue weighted by Gasteiger charge is 2.26. The number of aryl methyl sites for hydroxylation is 1. The minimum atomic E-state index is -0.0281. The van der Waals surface area contributed by atoms with Crippen molar-refractivity contribution in [3.8, 4) is 5.88 Å². The van der Waals surface area contributed by atoms with Gasteiger partial charge in [-0.25, -0.2) is 4.98 Å². The maximum absolute atomic E-state index is 12.1. The number of furan rings is 1. The highest BCUT2D eigenvalue weighted by atomic mass is 16.5. The first kappa shape index (κ1) is 14.4. The molecule has 0 unspecified atom stereocenters. The molecule has 0 saturated carbocycles. The van der Waals surface area contributed by atoms with Gasteiger partial charge in [-0.1, -0.05) is 6.07 Å². The Morgan fingerprint density at radius 1 is 1.41 bits per heavy atom. The molecule has 2 aromatic rings. The zero-order chi connectivity index (χ0) is 15.4. The van der Waals surface area contributed by atoms with Crippen molar-refractivity contribution in [2.75, 3.05) is 13.1 Å². The van der Waals surface area contributed by atoms with Crippen molar-refractivity contribution >= 4 is 12.0 Å². The maximum Gasteiger partial charge on any atom is 0.246 e. The number of rotatable bonds is 4. The number of hydrogen-bond donors (Lipinski definition) is 0. The van der Waals surface area contributed by atoms with E-state index in [9.17, 15) is 4.79 Å². The van der Waals surface area contributed by atoms with Gasteiger partial charge in [0.2, 0.25) is 11.8 Å². The van der Waals surface area contributed by atoms with Crippen LogP contribution in [0.25, 0.3) is 6.08 Å². The second kappa shape index (κ2) is 6.47. The molecule has 114 valence electrons. The number of pyridine rings is 1. The summed E-state index contributed by atoms with van der Waals surface area (Å²) in [7, 11) is 0. The van der Waals surface area contributed by atoms with Gasteiger partial charge in [-0.15, -0.1) is 0 Å². The van der Waals surface area contributed by atoms with Gasteiger partial charge in [0.15, 0.2) is 0 Å². The number of carbonyl (C=O) groups is 1. The SMILES string of the molecule is Cc1cccc(O[C@@H]2CCN(C(=O)/C=C/c3ccco3)C2)n1. The second-order valence-electron chi connectivity index (χ2n) is 5.28. The van der Waals surface area contributed by atoms with Crippen LogP contribution < -0.4 is 4.74 Å². The van der Waals surface area contributed by atoms with Crippen LogP contribution in [0.5, 0.6) is 5.88 Å². The standard InChI is InChI=1S/C17H18N2O3/c1-13-4-2-6-16(18-13)22-15-9-10-19(12-15)17(20)8-7-14-5-3-11-21-14/h2-8,11,15H,9-10,12H2,1H3/b8-7+/t15-/m1/s1. The van der Waals surface area contributed by atoms with Crippen molar-refractivity contribution in [2.24, 2.45) is 0 Å². The van der Waals surface area contributed by atoms with Crippen LogP contribution in [0.15, 0.2) is 47.1 Å². The summed E-state index contributed by atoms with van der Waals surface area (Å²) in [5.74, 6) is 1.26. The van der Waals surface area contributed by atoms with Crippen LogP contribution in [0, 0.1) is 6.92 Å². The van der Waals surface area contributed by atoms with Gasteiger partial charge < -0.3 is 14.1 Å². The predicted octanol–water partition coefficient (Wildman–Crippen LogP) is 2.68. The molecule has 3 rings (SSSR count). The van der Waals surface area contributed by atoms with E-state index >= 15 is 0 Å². The summed E-state index contributed by atoms with van der Waals surface area (Å²) < 4.78 is 11.0. The summed E-state index contributed by atoms with van der Waals surface area (Å²) in [5, 5.41) is 0. The van der Waals surface area contributed by atoms with Gasteiger partial charge in [0.05, 0.1) is 12.8 Å². The van der Waals surface area contributed by atoms with E-state index in [0.29, 0.717) is 24.7 Å². The molecular formula is C17H18N2O3. The van der Waals surface area contributed by atoms with Gasteiger partial charge in [-0.2, -0.15) is 0 Å². The van der Waals surface area contributed by atoms with Crippen molar-refractivity contribution in [1.29, 1.82) is 0 Å². The van der Waals surface area contributed by atoms with Gasteiger partial charge in [0.25, 0.3) is 0 Å². The molecule has 1 atom stereocenters. The lowest BCUT2D eigenvalue weighted by molar-refractivity contribution is -0.125. The Morgan fingerprint density at radius 3 is 3.09 bits per heavy atom. The molecular weight excluding hydrogens is 280 g/mol. The molecule has 1 saturated heterocycles. The number of likely N-dealkylation sites (tertiary alicyclic amines) is 1. The number of nitrogens with zero attached hydrogens (tertiary/aromatic N) is 2. The first-order chi connectivity index (χ1) is 10.7. The lowest BCUT2D eigenvalue weighted by atomic mass is 10.3. The molecule has 2 aromatic heterocycles. The first-order valence-electron chi connectivity index (χ1n) is 7.31. The zero-order valence-corrected chi connectivity index (χ0v) is 12.4. The fourth-order valence-corrected chi connectivity index (χ4v) is 2.42. The summed E-state index contributed by atoms with van der Waals surface area (Å²) >= 11 is 0. The third-order valence-electron chi connectivity index (χ3n) is 3.54. The Hall–Kier alpha value is -2.56. The molecule has 0 N–H and O–H groups in total. The predicted molar refractivity (Wildman–Crippen MR) is 82.3 cm³/mol. The normalized spacial score (nSPS) is 18.0. The average Bonchev–Trinajstić information content (AvgIpc) is 3.16. The topological polar surface area (TPSA) is 55.6 Å². The van der Waals surface area contributed by atoms with Gasteiger partial charge in [0.1, 0.15) is 11.9 Å². The lowest BCUT2D eigenvalue weighted by Gasteiger charge is -2.15.